The van der Waals surface area contributed by atoms with Crippen LogP contribution < -0.4 is 10.6 Å². The molecular formula is C20H28IN7O2. The van der Waals surface area contributed by atoms with Gasteiger partial charge in [-0.25, -0.2) is 0 Å². The van der Waals surface area contributed by atoms with Crippen LogP contribution in [0.4, 0.5) is 0 Å². The van der Waals surface area contributed by atoms with Gasteiger partial charge in [0.25, 0.3) is 11.8 Å². The molecule has 0 saturated heterocycles. The normalized spacial score (nSPS) is 13.3. The molecule has 0 saturated carbocycles. The van der Waals surface area contributed by atoms with Crippen molar-refractivity contribution in [2.45, 2.75) is 32.7 Å². The summed E-state index contributed by atoms with van der Waals surface area (Å²) in [5, 5.41) is 14.5. The highest BCUT2D eigenvalue weighted by molar-refractivity contribution is 14.0. The van der Waals surface area contributed by atoms with Crippen LogP contribution in [0.2, 0.25) is 0 Å². The number of guanidine groups is 1. The van der Waals surface area contributed by atoms with Crippen LogP contribution in [0.15, 0.2) is 35.6 Å². The first kappa shape index (κ1) is 23.8. The first-order valence-corrected chi connectivity index (χ1v) is 9.92. The maximum atomic E-state index is 12.3. The van der Waals surface area contributed by atoms with Gasteiger partial charge in [-0.05, 0) is 25.0 Å². The third-order valence-electron chi connectivity index (χ3n) is 4.86. The number of halogens is 1. The molecule has 10 heteroatoms. The number of aryl methyl sites for hydroxylation is 1. The zero-order valence-corrected chi connectivity index (χ0v) is 19.6. The number of aliphatic imine (C=N–C) groups is 1. The fourth-order valence-corrected chi connectivity index (χ4v) is 3.30. The number of hydrogen-bond acceptors (Lipinski definition) is 5. The predicted molar refractivity (Wildman–Crippen MR) is 125 cm³/mol. The molecule has 1 aliphatic heterocycles. The second-order valence-electron chi connectivity index (χ2n) is 6.73. The number of aromatic nitrogens is 3. The Morgan fingerprint density at radius 2 is 1.70 bits per heavy atom. The molecule has 0 radical (unpaired) electrons. The summed E-state index contributed by atoms with van der Waals surface area (Å²) in [7, 11) is 1.73. The van der Waals surface area contributed by atoms with Crippen LogP contribution in [-0.2, 0) is 13.0 Å². The molecule has 162 valence electrons. The molecule has 1 aromatic carbocycles. The number of fused-ring (bicyclic) bond motifs is 1. The van der Waals surface area contributed by atoms with E-state index in [2.05, 4.69) is 32.7 Å². The Morgan fingerprint density at radius 3 is 2.33 bits per heavy atom. The van der Waals surface area contributed by atoms with Crippen molar-refractivity contribution in [1.82, 2.24) is 30.3 Å². The average Bonchev–Trinajstić information content (AvgIpc) is 3.30. The highest BCUT2D eigenvalue weighted by atomic mass is 127. The van der Waals surface area contributed by atoms with Crippen molar-refractivity contribution in [2.24, 2.45) is 4.99 Å². The van der Waals surface area contributed by atoms with Crippen LogP contribution in [0.1, 0.15) is 46.3 Å². The van der Waals surface area contributed by atoms with Crippen LogP contribution in [0.3, 0.4) is 0 Å². The number of rotatable bonds is 9. The number of nitrogens with one attached hydrogen (secondary N) is 2. The summed E-state index contributed by atoms with van der Waals surface area (Å²) in [6.45, 7) is 4.65. The van der Waals surface area contributed by atoms with Crippen LogP contribution in [0.25, 0.3) is 0 Å². The summed E-state index contributed by atoms with van der Waals surface area (Å²) >= 11 is 0. The lowest BCUT2D eigenvalue weighted by molar-refractivity contribution is 0.0652. The van der Waals surface area contributed by atoms with E-state index in [1.54, 1.807) is 37.6 Å². The predicted octanol–water partition coefficient (Wildman–Crippen LogP) is 1.70. The number of nitrogens with zero attached hydrogens (tertiary/aromatic N) is 5. The monoisotopic (exact) mass is 525 g/mol. The fraction of sp³-hybridized carbons (Fsp3) is 0.450. The zero-order chi connectivity index (χ0) is 20.6. The van der Waals surface area contributed by atoms with Gasteiger partial charge >= 0.3 is 0 Å². The maximum Gasteiger partial charge on any atom is 0.261 e. The summed E-state index contributed by atoms with van der Waals surface area (Å²) in [6, 6.07) is 6.97. The topological polar surface area (TPSA) is 105 Å². The van der Waals surface area contributed by atoms with Gasteiger partial charge in [0.05, 0.1) is 11.1 Å². The van der Waals surface area contributed by atoms with Crippen molar-refractivity contribution in [3.05, 3.63) is 47.5 Å². The minimum Gasteiger partial charge on any atom is -0.356 e. The number of hydrogen-bond donors (Lipinski definition) is 2. The van der Waals surface area contributed by atoms with Gasteiger partial charge in [0, 0.05) is 39.6 Å². The summed E-state index contributed by atoms with van der Waals surface area (Å²) < 4.78 is 2.02. The quantitative estimate of drug-likeness (QED) is 0.170. The molecule has 0 atom stereocenters. The second kappa shape index (κ2) is 11.6. The first-order valence-electron chi connectivity index (χ1n) is 9.92. The van der Waals surface area contributed by atoms with E-state index < -0.39 is 0 Å². The van der Waals surface area contributed by atoms with E-state index in [0.29, 0.717) is 30.8 Å². The van der Waals surface area contributed by atoms with E-state index in [1.165, 1.54) is 4.90 Å². The average molecular weight is 525 g/mol. The van der Waals surface area contributed by atoms with Gasteiger partial charge in [-0.1, -0.05) is 19.1 Å². The van der Waals surface area contributed by atoms with E-state index in [9.17, 15) is 9.59 Å². The summed E-state index contributed by atoms with van der Waals surface area (Å²) in [6.07, 6.45) is 4.13. The molecule has 1 aliphatic rings. The molecule has 0 aliphatic carbocycles. The second-order valence-corrected chi connectivity index (χ2v) is 6.73. The Labute approximate surface area is 193 Å². The lowest BCUT2D eigenvalue weighted by atomic mass is 10.1. The lowest BCUT2D eigenvalue weighted by Crippen LogP contribution is -2.39. The Hall–Kier alpha value is -2.50. The summed E-state index contributed by atoms with van der Waals surface area (Å²) in [4.78, 5) is 30.2. The maximum absolute atomic E-state index is 12.3. The van der Waals surface area contributed by atoms with Crippen LogP contribution >= 0.6 is 24.0 Å². The first-order chi connectivity index (χ1) is 14.2. The van der Waals surface area contributed by atoms with Gasteiger partial charge < -0.3 is 15.2 Å². The molecule has 9 nitrogen and oxygen atoms in total. The molecule has 1 aromatic heterocycles. The Balaban J connectivity index is 0.00000320. The van der Waals surface area contributed by atoms with Gasteiger partial charge in [-0.15, -0.1) is 34.2 Å². The van der Waals surface area contributed by atoms with Crippen molar-refractivity contribution in [3.8, 4) is 0 Å². The standard InChI is InChI=1S/C20H27N7O2.HI/c1-3-17-25-24-14-26(17)13-11-23-20(21-2)22-10-6-7-12-27-18(28)15-8-4-5-9-16(15)19(27)29;/h4-5,8-9,14H,3,6-7,10-13H2,1-2H3,(H2,21,22,23);1H. The minimum absolute atomic E-state index is 0. The third-order valence-corrected chi connectivity index (χ3v) is 4.86. The minimum atomic E-state index is -0.198. The zero-order valence-electron chi connectivity index (χ0n) is 17.3. The van der Waals surface area contributed by atoms with Crippen molar-refractivity contribution in [1.29, 1.82) is 0 Å². The van der Waals surface area contributed by atoms with Crippen molar-refractivity contribution in [2.75, 3.05) is 26.7 Å². The number of benzene rings is 1. The molecule has 2 heterocycles. The lowest BCUT2D eigenvalue weighted by Gasteiger charge is -2.15. The van der Waals surface area contributed by atoms with Gasteiger partial charge in [-0.2, -0.15) is 0 Å². The Kier molecular flexibility index (Phi) is 9.21. The highest BCUT2D eigenvalue weighted by Gasteiger charge is 2.34. The molecule has 2 aromatic rings. The molecule has 2 N–H and O–H groups in total. The van der Waals surface area contributed by atoms with Gasteiger partial charge in [0.1, 0.15) is 12.2 Å². The molecule has 2 amide bonds. The van der Waals surface area contributed by atoms with E-state index in [-0.39, 0.29) is 35.8 Å². The number of carbonyl (C=O) groups excluding carboxylic acids is 2. The van der Waals surface area contributed by atoms with Crippen molar-refractivity contribution < 1.29 is 9.59 Å². The number of unbranched alkanes of at least 4 members (excludes halogenated alkanes) is 1. The molecule has 3 rings (SSSR count). The molecule has 0 fully saturated rings. The summed E-state index contributed by atoms with van der Waals surface area (Å²) in [5.41, 5.74) is 0.999. The van der Waals surface area contributed by atoms with E-state index >= 15 is 0 Å². The van der Waals surface area contributed by atoms with Gasteiger partial charge in [-0.3, -0.25) is 19.5 Å². The Bertz CT molecular complexity index is 862. The van der Waals surface area contributed by atoms with E-state index in [4.69, 9.17) is 0 Å². The molecule has 0 unspecified atom stereocenters. The fourth-order valence-electron chi connectivity index (χ4n) is 3.30. The van der Waals surface area contributed by atoms with Crippen LogP contribution in [0.5, 0.6) is 0 Å². The van der Waals surface area contributed by atoms with Crippen LogP contribution in [-0.4, -0.2) is 64.1 Å². The molecular weight excluding hydrogens is 497 g/mol. The SMILES string of the molecule is CCc1nncn1CCNC(=NC)NCCCCN1C(=O)c2ccccc2C1=O.I. The largest absolute Gasteiger partial charge is 0.356 e. The smallest absolute Gasteiger partial charge is 0.261 e. The molecule has 0 spiro atoms. The third kappa shape index (κ3) is 5.55. The Morgan fingerprint density at radius 1 is 1.03 bits per heavy atom. The van der Waals surface area contributed by atoms with E-state index in [1.807, 2.05) is 4.57 Å². The van der Waals surface area contributed by atoms with E-state index in [0.717, 1.165) is 37.6 Å². The number of carbonyl (C=O) groups is 2. The van der Waals surface area contributed by atoms with Crippen molar-refractivity contribution >= 4 is 41.8 Å². The highest BCUT2D eigenvalue weighted by Crippen LogP contribution is 2.22. The van der Waals surface area contributed by atoms with Gasteiger partial charge in [0.15, 0.2) is 5.96 Å². The molecule has 30 heavy (non-hydrogen) atoms. The molecule has 0 bridgehead atoms. The van der Waals surface area contributed by atoms with Gasteiger partial charge in [0.2, 0.25) is 0 Å². The summed E-state index contributed by atoms with van der Waals surface area (Å²) in [5.74, 6) is 1.28. The number of amides is 2. The van der Waals surface area contributed by atoms with Crippen molar-refractivity contribution in [3.63, 3.8) is 0 Å². The number of imide groups is 1. The van der Waals surface area contributed by atoms with Crippen LogP contribution in [0, 0.1) is 0 Å².